The SMILES string of the molecule is COc1cc2ccsc2c(-c2ccc3c(cnn3C)c2)n1. The summed E-state index contributed by atoms with van der Waals surface area (Å²) < 4.78 is 8.38. The molecule has 0 aliphatic heterocycles. The summed E-state index contributed by atoms with van der Waals surface area (Å²) in [5, 5.41) is 8.65. The summed E-state index contributed by atoms with van der Waals surface area (Å²) in [6.07, 6.45) is 1.88. The highest BCUT2D eigenvalue weighted by molar-refractivity contribution is 7.17. The van der Waals surface area contributed by atoms with Crippen molar-refractivity contribution in [2.75, 3.05) is 7.11 Å². The zero-order chi connectivity index (χ0) is 14.4. The van der Waals surface area contributed by atoms with Gasteiger partial charge in [-0.3, -0.25) is 4.68 Å². The molecule has 1 aromatic carbocycles. The third-order valence-electron chi connectivity index (χ3n) is 3.64. The molecule has 0 saturated heterocycles. The van der Waals surface area contributed by atoms with Crippen molar-refractivity contribution in [2.24, 2.45) is 7.05 Å². The topological polar surface area (TPSA) is 39.9 Å². The number of hydrogen-bond acceptors (Lipinski definition) is 4. The fraction of sp³-hybridized carbons (Fsp3) is 0.125. The molecule has 4 rings (SSSR count). The molecule has 0 fully saturated rings. The fourth-order valence-corrected chi connectivity index (χ4v) is 3.45. The van der Waals surface area contributed by atoms with Crippen LogP contribution in [0.25, 0.3) is 32.2 Å². The van der Waals surface area contributed by atoms with Crippen molar-refractivity contribution in [2.45, 2.75) is 0 Å². The van der Waals surface area contributed by atoms with E-state index in [1.54, 1.807) is 18.4 Å². The Morgan fingerprint density at radius 1 is 1.14 bits per heavy atom. The minimum atomic E-state index is 0.641. The molecule has 3 aromatic heterocycles. The van der Waals surface area contributed by atoms with Crippen molar-refractivity contribution in [3.63, 3.8) is 0 Å². The van der Waals surface area contributed by atoms with E-state index in [1.807, 2.05) is 24.0 Å². The average Bonchev–Trinajstić information content (AvgIpc) is 3.12. The number of nitrogens with zero attached hydrogens (tertiary/aromatic N) is 3. The van der Waals surface area contributed by atoms with Gasteiger partial charge in [-0.25, -0.2) is 4.98 Å². The molecule has 0 aliphatic rings. The number of rotatable bonds is 2. The highest BCUT2D eigenvalue weighted by Gasteiger charge is 2.11. The Morgan fingerprint density at radius 2 is 2.05 bits per heavy atom. The molecule has 0 unspecified atom stereocenters. The van der Waals surface area contributed by atoms with E-state index in [1.165, 1.54) is 4.70 Å². The minimum Gasteiger partial charge on any atom is -0.481 e. The number of aryl methyl sites for hydroxylation is 1. The Labute approximate surface area is 125 Å². The Kier molecular flexibility index (Phi) is 2.68. The number of ether oxygens (including phenoxy) is 1. The Morgan fingerprint density at radius 3 is 2.90 bits per heavy atom. The molecule has 0 amide bonds. The van der Waals surface area contributed by atoms with E-state index < -0.39 is 0 Å². The second-order valence-corrected chi connectivity index (χ2v) is 5.81. The number of aromatic nitrogens is 3. The maximum absolute atomic E-state index is 5.32. The van der Waals surface area contributed by atoms with Crippen LogP contribution in [0.2, 0.25) is 0 Å². The molecule has 0 aliphatic carbocycles. The normalized spacial score (nSPS) is 11.3. The number of pyridine rings is 1. The summed E-state index contributed by atoms with van der Waals surface area (Å²) in [6, 6.07) is 10.4. The number of methoxy groups -OCH3 is 1. The van der Waals surface area contributed by atoms with Gasteiger partial charge in [0.25, 0.3) is 0 Å². The van der Waals surface area contributed by atoms with Crippen LogP contribution in [0.5, 0.6) is 5.88 Å². The van der Waals surface area contributed by atoms with Crippen molar-refractivity contribution >= 4 is 32.3 Å². The van der Waals surface area contributed by atoms with Crippen molar-refractivity contribution in [3.8, 4) is 17.1 Å². The second-order valence-electron chi connectivity index (χ2n) is 4.89. The van der Waals surface area contributed by atoms with Crippen LogP contribution in [0.3, 0.4) is 0 Å². The lowest BCUT2D eigenvalue weighted by molar-refractivity contribution is 0.399. The van der Waals surface area contributed by atoms with Crippen LogP contribution in [-0.4, -0.2) is 21.9 Å². The largest absolute Gasteiger partial charge is 0.481 e. The van der Waals surface area contributed by atoms with Gasteiger partial charge >= 0.3 is 0 Å². The van der Waals surface area contributed by atoms with Crippen LogP contribution in [0.1, 0.15) is 0 Å². The highest BCUT2D eigenvalue weighted by atomic mass is 32.1. The number of hydrogen-bond donors (Lipinski definition) is 0. The minimum absolute atomic E-state index is 0.641. The van der Waals surface area contributed by atoms with Gasteiger partial charge in [-0.05, 0) is 29.0 Å². The summed E-state index contributed by atoms with van der Waals surface area (Å²) >= 11 is 1.70. The first-order valence-electron chi connectivity index (χ1n) is 6.60. The van der Waals surface area contributed by atoms with E-state index in [4.69, 9.17) is 4.74 Å². The lowest BCUT2D eigenvalue weighted by Gasteiger charge is -2.06. The molecule has 3 heterocycles. The molecular weight excluding hydrogens is 282 g/mol. The van der Waals surface area contributed by atoms with Gasteiger partial charge in [0.05, 0.1) is 29.2 Å². The number of thiophene rings is 1. The Bertz CT molecular complexity index is 955. The predicted octanol–water partition coefficient (Wildman–Crippen LogP) is 3.86. The zero-order valence-electron chi connectivity index (χ0n) is 11.7. The van der Waals surface area contributed by atoms with Gasteiger partial charge < -0.3 is 4.74 Å². The quantitative estimate of drug-likeness (QED) is 0.564. The Balaban J connectivity index is 2.00. The third-order valence-corrected chi connectivity index (χ3v) is 4.58. The van der Waals surface area contributed by atoms with E-state index in [0.29, 0.717) is 5.88 Å². The molecule has 4 nitrogen and oxygen atoms in total. The first kappa shape index (κ1) is 12.3. The number of fused-ring (bicyclic) bond motifs is 2. The van der Waals surface area contributed by atoms with E-state index in [9.17, 15) is 0 Å². The summed E-state index contributed by atoms with van der Waals surface area (Å²) in [5.41, 5.74) is 3.16. The molecule has 0 saturated carbocycles. The third kappa shape index (κ3) is 1.89. The molecular formula is C16H13N3OS. The number of benzene rings is 1. The van der Waals surface area contributed by atoms with E-state index in [0.717, 1.165) is 27.5 Å². The van der Waals surface area contributed by atoms with Gasteiger partial charge in [-0.1, -0.05) is 6.07 Å². The van der Waals surface area contributed by atoms with Crippen molar-refractivity contribution in [1.82, 2.24) is 14.8 Å². The van der Waals surface area contributed by atoms with Gasteiger partial charge in [0.15, 0.2) is 0 Å². The first-order valence-corrected chi connectivity index (χ1v) is 7.48. The van der Waals surface area contributed by atoms with Crippen molar-refractivity contribution in [3.05, 3.63) is 41.9 Å². The van der Waals surface area contributed by atoms with Crippen molar-refractivity contribution < 1.29 is 4.74 Å². The van der Waals surface area contributed by atoms with Gasteiger partial charge in [-0.2, -0.15) is 5.10 Å². The lowest BCUT2D eigenvalue weighted by Crippen LogP contribution is -1.91. The van der Waals surface area contributed by atoms with Gasteiger partial charge in [0, 0.05) is 24.1 Å². The predicted molar refractivity (Wildman–Crippen MR) is 85.9 cm³/mol. The van der Waals surface area contributed by atoms with E-state index in [-0.39, 0.29) is 0 Å². The van der Waals surface area contributed by atoms with Gasteiger partial charge in [-0.15, -0.1) is 11.3 Å². The van der Waals surface area contributed by atoms with Crippen LogP contribution < -0.4 is 4.74 Å². The molecule has 21 heavy (non-hydrogen) atoms. The van der Waals surface area contributed by atoms with Crippen molar-refractivity contribution in [1.29, 1.82) is 0 Å². The van der Waals surface area contributed by atoms with Crippen LogP contribution in [0.4, 0.5) is 0 Å². The summed E-state index contributed by atoms with van der Waals surface area (Å²) in [7, 11) is 3.60. The van der Waals surface area contributed by atoms with E-state index in [2.05, 4.69) is 39.7 Å². The molecule has 4 aromatic rings. The van der Waals surface area contributed by atoms with Crippen LogP contribution in [0, 0.1) is 0 Å². The summed E-state index contributed by atoms with van der Waals surface area (Å²) in [5.74, 6) is 0.641. The summed E-state index contributed by atoms with van der Waals surface area (Å²) in [4.78, 5) is 4.64. The maximum Gasteiger partial charge on any atom is 0.214 e. The molecule has 0 N–H and O–H groups in total. The first-order chi connectivity index (χ1) is 10.3. The average molecular weight is 295 g/mol. The van der Waals surface area contributed by atoms with Gasteiger partial charge in [0.1, 0.15) is 0 Å². The second kappa shape index (κ2) is 4.56. The highest BCUT2D eigenvalue weighted by Crippen LogP contribution is 2.34. The van der Waals surface area contributed by atoms with Crippen LogP contribution >= 0.6 is 11.3 Å². The van der Waals surface area contributed by atoms with E-state index >= 15 is 0 Å². The molecule has 0 atom stereocenters. The fourth-order valence-electron chi connectivity index (χ4n) is 2.56. The molecule has 0 spiro atoms. The maximum atomic E-state index is 5.32. The van der Waals surface area contributed by atoms with Gasteiger partial charge in [0.2, 0.25) is 5.88 Å². The molecule has 104 valence electrons. The molecule has 0 bridgehead atoms. The van der Waals surface area contributed by atoms with Crippen LogP contribution in [0.15, 0.2) is 41.9 Å². The zero-order valence-corrected chi connectivity index (χ0v) is 12.5. The standard InChI is InChI=1S/C16H13N3OS/c1-19-13-4-3-10(7-12(13)9-17-19)15-16-11(5-6-21-16)8-14(18-15)20-2/h3-9H,1-2H3. The smallest absolute Gasteiger partial charge is 0.214 e. The van der Waals surface area contributed by atoms with Crippen LogP contribution in [-0.2, 0) is 7.05 Å². The summed E-state index contributed by atoms with van der Waals surface area (Å²) in [6.45, 7) is 0. The molecule has 5 heteroatoms. The molecule has 0 radical (unpaired) electrons. The monoisotopic (exact) mass is 295 g/mol. The Hall–Kier alpha value is -2.40. The lowest BCUT2D eigenvalue weighted by atomic mass is 10.1.